The number of aliphatic hydroxyl groups is 1. The number of aromatic nitrogens is 2. The van der Waals surface area contributed by atoms with Gasteiger partial charge in [0.15, 0.2) is 5.82 Å². The standard InChI is InChI=1S/C26H32BClN4O5/c1-6-35-24(34)20(15-33)30-13-16-12-17-10-11-29-23(22(17)31-14-16)32-19-9-7-8-18(21(19)28)27-36-25(2,3)26(4,5)37-27/h7-12,14,20,30,33H,6,13,15H2,1-5H3,(H,29,32)/t20-/m1/s1. The Morgan fingerprint density at radius 2 is 1.92 bits per heavy atom. The van der Waals surface area contributed by atoms with Crippen molar-refractivity contribution in [2.45, 2.75) is 58.4 Å². The average molecular weight is 527 g/mol. The van der Waals surface area contributed by atoms with E-state index in [1.807, 2.05) is 58.0 Å². The molecule has 196 valence electrons. The second-order valence-electron chi connectivity index (χ2n) is 9.86. The number of benzene rings is 1. The van der Waals surface area contributed by atoms with Crippen molar-refractivity contribution in [1.82, 2.24) is 15.3 Å². The molecule has 0 saturated carbocycles. The topological polar surface area (TPSA) is 115 Å². The first kappa shape index (κ1) is 27.3. The van der Waals surface area contributed by atoms with Crippen molar-refractivity contribution < 1.29 is 23.9 Å². The van der Waals surface area contributed by atoms with E-state index in [4.69, 9.17) is 25.6 Å². The Morgan fingerprint density at radius 3 is 2.59 bits per heavy atom. The maximum absolute atomic E-state index is 11.9. The first-order valence-electron chi connectivity index (χ1n) is 12.2. The zero-order chi connectivity index (χ0) is 26.8. The Bertz CT molecular complexity index is 1270. The van der Waals surface area contributed by atoms with E-state index in [1.54, 1.807) is 19.3 Å². The fraction of sp³-hybridized carbons (Fsp3) is 0.423. The lowest BCUT2D eigenvalue weighted by Gasteiger charge is -2.32. The molecule has 1 saturated heterocycles. The van der Waals surface area contributed by atoms with Crippen LogP contribution >= 0.6 is 11.6 Å². The lowest BCUT2D eigenvalue weighted by molar-refractivity contribution is -0.146. The molecule has 11 heteroatoms. The highest BCUT2D eigenvalue weighted by atomic mass is 35.5. The SMILES string of the molecule is CCOC(=O)[C@@H](CO)NCc1cnc2c(Nc3cccc(B4OC(C)(C)C(C)(C)O4)c3Cl)nccc2c1. The Kier molecular flexibility index (Phi) is 8.06. The lowest BCUT2D eigenvalue weighted by atomic mass is 9.79. The second-order valence-corrected chi connectivity index (χ2v) is 10.2. The number of halogens is 1. The number of esters is 1. The number of rotatable bonds is 9. The van der Waals surface area contributed by atoms with Crippen LogP contribution in [0.3, 0.4) is 0 Å². The highest BCUT2D eigenvalue weighted by molar-refractivity contribution is 6.66. The number of hydrogen-bond acceptors (Lipinski definition) is 9. The lowest BCUT2D eigenvalue weighted by Crippen LogP contribution is -2.41. The van der Waals surface area contributed by atoms with Gasteiger partial charge in [-0.25, -0.2) is 4.98 Å². The molecule has 4 rings (SSSR count). The molecule has 0 amide bonds. The van der Waals surface area contributed by atoms with E-state index in [0.717, 1.165) is 16.4 Å². The van der Waals surface area contributed by atoms with Gasteiger partial charge in [0.05, 0.1) is 35.1 Å². The Labute approximate surface area is 222 Å². The maximum Gasteiger partial charge on any atom is 0.496 e. The third-order valence-corrected chi connectivity index (χ3v) is 7.17. The number of carbonyl (C=O) groups excluding carboxylic acids is 1. The van der Waals surface area contributed by atoms with Crippen molar-refractivity contribution in [3.8, 4) is 0 Å². The Balaban J connectivity index is 1.54. The zero-order valence-corrected chi connectivity index (χ0v) is 22.4. The fourth-order valence-electron chi connectivity index (χ4n) is 3.93. The fourth-order valence-corrected chi connectivity index (χ4v) is 4.19. The number of nitrogens with one attached hydrogen (secondary N) is 2. The zero-order valence-electron chi connectivity index (χ0n) is 21.7. The van der Waals surface area contributed by atoms with Crippen LogP contribution < -0.4 is 16.1 Å². The molecule has 1 aromatic carbocycles. The molecule has 9 nitrogen and oxygen atoms in total. The van der Waals surface area contributed by atoms with Crippen LogP contribution in [-0.2, 0) is 25.4 Å². The first-order valence-corrected chi connectivity index (χ1v) is 12.6. The predicted octanol–water partition coefficient (Wildman–Crippen LogP) is 3.34. The van der Waals surface area contributed by atoms with Crippen molar-refractivity contribution in [2.75, 3.05) is 18.5 Å². The minimum absolute atomic E-state index is 0.251. The van der Waals surface area contributed by atoms with Crippen molar-refractivity contribution in [2.24, 2.45) is 0 Å². The second kappa shape index (κ2) is 10.9. The van der Waals surface area contributed by atoms with Crippen molar-refractivity contribution in [3.05, 3.63) is 53.3 Å². The summed E-state index contributed by atoms with van der Waals surface area (Å²) in [6.07, 6.45) is 3.38. The third-order valence-electron chi connectivity index (χ3n) is 6.75. The first-order chi connectivity index (χ1) is 17.6. The number of carbonyl (C=O) groups is 1. The molecule has 1 fully saturated rings. The summed E-state index contributed by atoms with van der Waals surface area (Å²) >= 11 is 6.80. The molecule has 1 aliphatic heterocycles. The molecule has 0 unspecified atom stereocenters. The molecule has 2 aromatic heterocycles. The molecule has 3 heterocycles. The summed E-state index contributed by atoms with van der Waals surface area (Å²) in [6.45, 7) is 9.95. The van der Waals surface area contributed by atoms with Gasteiger partial charge in [0.2, 0.25) is 0 Å². The number of nitrogens with zero attached hydrogens (tertiary/aromatic N) is 2. The van der Waals surface area contributed by atoms with Crippen LogP contribution in [0.4, 0.5) is 11.5 Å². The van der Waals surface area contributed by atoms with Crippen LogP contribution in [0, 0.1) is 0 Å². The van der Waals surface area contributed by atoms with Gasteiger partial charge in [0.25, 0.3) is 0 Å². The molecule has 1 atom stereocenters. The van der Waals surface area contributed by atoms with Gasteiger partial charge in [0, 0.05) is 29.8 Å². The highest BCUT2D eigenvalue weighted by Gasteiger charge is 2.52. The normalized spacial score (nSPS) is 17.1. The van der Waals surface area contributed by atoms with Crippen LogP contribution in [0.1, 0.15) is 40.2 Å². The van der Waals surface area contributed by atoms with Gasteiger partial charge in [-0.2, -0.15) is 0 Å². The van der Waals surface area contributed by atoms with Gasteiger partial charge in [-0.05, 0) is 58.4 Å². The summed E-state index contributed by atoms with van der Waals surface area (Å²) in [5, 5.41) is 17.1. The highest BCUT2D eigenvalue weighted by Crippen LogP contribution is 2.38. The van der Waals surface area contributed by atoms with Gasteiger partial charge in [-0.1, -0.05) is 23.7 Å². The molecular formula is C26H32BClN4O5. The molecule has 0 radical (unpaired) electrons. The number of anilines is 2. The molecule has 3 aromatic rings. The summed E-state index contributed by atoms with van der Waals surface area (Å²) in [7, 11) is -0.592. The van der Waals surface area contributed by atoms with Crippen LogP contribution in [0.2, 0.25) is 5.02 Å². The summed E-state index contributed by atoms with van der Waals surface area (Å²) in [4.78, 5) is 21.0. The number of ether oxygens (including phenoxy) is 1. The van der Waals surface area contributed by atoms with Crippen molar-refractivity contribution >= 4 is 52.6 Å². The van der Waals surface area contributed by atoms with Gasteiger partial charge in [0.1, 0.15) is 11.6 Å². The molecule has 0 bridgehead atoms. The maximum atomic E-state index is 11.9. The van der Waals surface area contributed by atoms with Gasteiger partial charge in [-0.15, -0.1) is 0 Å². The number of fused-ring (bicyclic) bond motifs is 1. The minimum atomic E-state index is -0.802. The largest absolute Gasteiger partial charge is 0.496 e. The van der Waals surface area contributed by atoms with E-state index in [0.29, 0.717) is 28.6 Å². The van der Waals surface area contributed by atoms with Crippen LogP contribution in [0.25, 0.3) is 10.9 Å². The van der Waals surface area contributed by atoms with E-state index < -0.39 is 30.3 Å². The van der Waals surface area contributed by atoms with Gasteiger partial charge < -0.3 is 24.5 Å². The van der Waals surface area contributed by atoms with Gasteiger partial charge >= 0.3 is 13.1 Å². The molecular weight excluding hydrogens is 495 g/mol. The molecule has 0 spiro atoms. The predicted molar refractivity (Wildman–Crippen MR) is 144 cm³/mol. The Morgan fingerprint density at radius 1 is 1.19 bits per heavy atom. The van der Waals surface area contributed by atoms with Crippen molar-refractivity contribution in [3.63, 3.8) is 0 Å². The summed E-state index contributed by atoms with van der Waals surface area (Å²) in [5.74, 6) is 0.0545. The summed E-state index contributed by atoms with van der Waals surface area (Å²) in [6, 6.07) is 8.64. The van der Waals surface area contributed by atoms with Crippen LogP contribution in [0.5, 0.6) is 0 Å². The van der Waals surface area contributed by atoms with Crippen LogP contribution in [0.15, 0.2) is 42.7 Å². The van der Waals surface area contributed by atoms with E-state index in [9.17, 15) is 9.90 Å². The number of pyridine rings is 2. The summed E-state index contributed by atoms with van der Waals surface area (Å²) < 4.78 is 17.3. The van der Waals surface area contributed by atoms with E-state index in [-0.39, 0.29) is 13.2 Å². The molecule has 37 heavy (non-hydrogen) atoms. The number of aliphatic hydroxyl groups excluding tert-OH is 1. The monoisotopic (exact) mass is 526 g/mol. The van der Waals surface area contributed by atoms with Crippen molar-refractivity contribution in [1.29, 1.82) is 0 Å². The van der Waals surface area contributed by atoms with Gasteiger partial charge in [-0.3, -0.25) is 15.1 Å². The molecule has 3 N–H and O–H groups in total. The summed E-state index contributed by atoms with van der Waals surface area (Å²) in [5.41, 5.74) is 1.92. The quantitative estimate of drug-likeness (QED) is 0.285. The Hall–Kier alpha value is -2.76. The smallest absolute Gasteiger partial charge is 0.465 e. The molecule has 1 aliphatic rings. The van der Waals surface area contributed by atoms with E-state index in [2.05, 4.69) is 20.6 Å². The minimum Gasteiger partial charge on any atom is -0.465 e. The van der Waals surface area contributed by atoms with E-state index >= 15 is 0 Å². The number of hydrogen-bond donors (Lipinski definition) is 3. The van der Waals surface area contributed by atoms with E-state index in [1.165, 1.54) is 0 Å². The third kappa shape index (κ3) is 5.73. The van der Waals surface area contributed by atoms with Crippen LogP contribution in [-0.4, -0.2) is 58.6 Å². The average Bonchev–Trinajstić information content (AvgIpc) is 3.07. The molecule has 0 aliphatic carbocycles.